The van der Waals surface area contributed by atoms with E-state index in [9.17, 15) is 14.9 Å². The highest BCUT2D eigenvalue weighted by atomic mass is 16.6. The molecule has 2 aliphatic carbocycles. The average Bonchev–Trinajstić information content (AvgIpc) is 3.25. The van der Waals surface area contributed by atoms with Crippen LogP contribution in [0.3, 0.4) is 0 Å². The molecule has 1 fully saturated rings. The molecule has 1 aromatic heterocycles. The third-order valence-electron chi connectivity index (χ3n) is 8.06. The number of nitro groups is 1. The normalized spacial score (nSPS) is 17.9. The molecule has 0 saturated heterocycles. The number of non-ortho nitro benzene ring substituents is 1. The van der Waals surface area contributed by atoms with Crippen molar-refractivity contribution in [1.82, 2.24) is 15.3 Å². The zero-order valence-electron chi connectivity index (χ0n) is 22.7. The highest BCUT2D eigenvalue weighted by Crippen LogP contribution is 2.40. The van der Waals surface area contributed by atoms with Gasteiger partial charge in [-0.3, -0.25) is 14.9 Å². The summed E-state index contributed by atoms with van der Waals surface area (Å²) >= 11 is 0. The summed E-state index contributed by atoms with van der Waals surface area (Å²) in [7, 11) is 4.01. The fraction of sp³-hybridized carbons (Fsp3) is 0.323. The van der Waals surface area contributed by atoms with Gasteiger partial charge >= 0.3 is 0 Å². The van der Waals surface area contributed by atoms with Gasteiger partial charge in [0.15, 0.2) is 5.78 Å². The highest BCUT2D eigenvalue weighted by molar-refractivity contribution is 6.22. The van der Waals surface area contributed by atoms with E-state index in [0.29, 0.717) is 35.6 Å². The van der Waals surface area contributed by atoms with Gasteiger partial charge in [0.25, 0.3) is 5.69 Å². The van der Waals surface area contributed by atoms with E-state index in [2.05, 4.69) is 16.7 Å². The number of nitrogens with one attached hydrogen (secondary N) is 2. The standard InChI is InChI=1S/C31H32N6O3/c1-36(2)30-24-7-3-4-9-27(24)34-31(35-30)33-21-12-10-19(11-13-21)17-32-18-20-6-5-8-25-28(20)23-15-14-22(37(39)40)16-26(23)29(25)38/h3-9,14-16,19,21,32H,10-13,17-18H2,1-2H3,(H,33,34,35)/t19-,21+. The number of carbonyl (C=O) groups is 1. The molecule has 2 N–H and O–H groups in total. The van der Waals surface area contributed by atoms with Crippen LogP contribution in [-0.2, 0) is 6.54 Å². The number of carbonyl (C=O) groups excluding carboxylic acids is 1. The number of para-hydroxylation sites is 1. The van der Waals surface area contributed by atoms with Crippen molar-refractivity contribution >= 4 is 34.1 Å². The molecule has 40 heavy (non-hydrogen) atoms. The molecule has 4 aromatic rings. The summed E-state index contributed by atoms with van der Waals surface area (Å²) in [5.41, 5.74) is 4.63. The fourth-order valence-electron chi connectivity index (χ4n) is 6.02. The number of fused-ring (bicyclic) bond motifs is 4. The summed E-state index contributed by atoms with van der Waals surface area (Å²) in [6, 6.07) is 18.7. The van der Waals surface area contributed by atoms with E-state index in [1.807, 2.05) is 55.4 Å². The van der Waals surface area contributed by atoms with E-state index < -0.39 is 4.92 Å². The molecule has 2 aliphatic rings. The maximum atomic E-state index is 13.0. The third-order valence-corrected chi connectivity index (χ3v) is 8.06. The fourth-order valence-corrected chi connectivity index (χ4v) is 6.02. The lowest BCUT2D eigenvalue weighted by Crippen LogP contribution is -2.31. The van der Waals surface area contributed by atoms with Gasteiger partial charge in [-0.25, -0.2) is 4.98 Å². The molecule has 0 aliphatic heterocycles. The maximum Gasteiger partial charge on any atom is 0.270 e. The minimum Gasteiger partial charge on any atom is -0.362 e. The van der Waals surface area contributed by atoms with E-state index in [0.717, 1.165) is 65.6 Å². The summed E-state index contributed by atoms with van der Waals surface area (Å²) in [6.45, 7) is 1.54. The number of ketones is 1. The van der Waals surface area contributed by atoms with Gasteiger partial charge in [-0.2, -0.15) is 4.98 Å². The third kappa shape index (κ3) is 4.88. The second kappa shape index (κ2) is 10.7. The lowest BCUT2D eigenvalue weighted by molar-refractivity contribution is -0.384. The first-order valence-electron chi connectivity index (χ1n) is 13.8. The Morgan fingerprint density at radius 2 is 1.75 bits per heavy atom. The Labute approximate surface area is 232 Å². The van der Waals surface area contributed by atoms with Gasteiger partial charge in [0.2, 0.25) is 5.95 Å². The van der Waals surface area contributed by atoms with Crippen LogP contribution in [0.5, 0.6) is 0 Å². The van der Waals surface area contributed by atoms with Gasteiger partial charge < -0.3 is 15.5 Å². The summed E-state index contributed by atoms with van der Waals surface area (Å²) < 4.78 is 0. The van der Waals surface area contributed by atoms with Crippen molar-refractivity contribution in [2.24, 2.45) is 5.92 Å². The number of benzene rings is 3. The molecule has 9 nitrogen and oxygen atoms in total. The predicted molar refractivity (Wildman–Crippen MR) is 157 cm³/mol. The highest BCUT2D eigenvalue weighted by Gasteiger charge is 2.30. The van der Waals surface area contributed by atoms with E-state index >= 15 is 0 Å². The van der Waals surface area contributed by atoms with Crippen LogP contribution in [0, 0.1) is 16.0 Å². The monoisotopic (exact) mass is 536 g/mol. The van der Waals surface area contributed by atoms with E-state index in [1.54, 1.807) is 6.07 Å². The first-order valence-corrected chi connectivity index (χ1v) is 13.8. The molecule has 0 amide bonds. The summed E-state index contributed by atoms with van der Waals surface area (Å²) in [5, 5.41) is 19.4. The van der Waals surface area contributed by atoms with E-state index in [4.69, 9.17) is 9.97 Å². The van der Waals surface area contributed by atoms with Crippen molar-refractivity contribution < 1.29 is 9.72 Å². The van der Waals surface area contributed by atoms with Crippen LogP contribution < -0.4 is 15.5 Å². The lowest BCUT2D eigenvalue weighted by atomic mass is 9.86. The SMILES string of the molecule is CN(C)c1nc(N[C@H]2CC[C@@H](CNCc3cccc4c3-c3ccc([N+](=O)[O-])cc3C4=O)CC2)nc2ccccc12. The molecule has 9 heteroatoms. The molecule has 1 saturated carbocycles. The predicted octanol–water partition coefficient (Wildman–Crippen LogP) is 5.58. The summed E-state index contributed by atoms with van der Waals surface area (Å²) in [4.78, 5) is 35.3. The minimum absolute atomic E-state index is 0.0602. The number of anilines is 2. The summed E-state index contributed by atoms with van der Waals surface area (Å²) in [5.74, 6) is 2.03. The van der Waals surface area contributed by atoms with Gasteiger partial charge in [-0.1, -0.05) is 30.3 Å². The molecule has 0 atom stereocenters. The molecule has 0 radical (unpaired) electrons. The van der Waals surface area contributed by atoms with Gasteiger partial charge in [-0.15, -0.1) is 0 Å². The first-order chi connectivity index (χ1) is 19.4. The Kier molecular flexibility index (Phi) is 6.89. The molecule has 0 unspecified atom stereocenters. The molecule has 1 heterocycles. The molecule has 6 rings (SSSR count). The largest absolute Gasteiger partial charge is 0.362 e. The first kappa shape index (κ1) is 25.9. The average molecular weight is 537 g/mol. The Balaban J connectivity index is 1.06. The molecule has 3 aromatic carbocycles. The van der Waals surface area contributed by atoms with Crippen molar-refractivity contribution in [3.8, 4) is 11.1 Å². The van der Waals surface area contributed by atoms with Crippen molar-refractivity contribution in [3.05, 3.63) is 87.5 Å². The van der Waals surface area contributed by atoms with Crippen LogP contribution in [0.2, 0.25) is 0 Å². The Bertz CT molecular complexity index is 1610. The van der Waals surface area contributed by atoms with Crippen LogP contribution in [0.25, 0.3) is 22.0 Å². The molecule has 0 spiro atoms. The Hall–Kier alpha value is -4.37. The molecule has 204 valence electrons. The topological polar surface area (TPSA) is 113 Å². The van der Waals surface area contributed by atoms with Crippen molar-refractivity contribution in [3.63, 3.8) is 0 Å². The molecule has 0 bridgehead atoms. The van der Waals surface area contributed by atoms with E-state index in [-0.39, 0.29) is 11.5 Å². The van der Waals surface area contributed by atoms with Crippen molar-refractivity contribution in [2.45, 2.75) is 38.3 Å². The van der Waals surface area contributed by atoms with Crippen LogP contribution in [0.1, 0.15) is 47.2 Å². The zero-order valence-corrected chi connectivity index (χ0v) is 22.7. The number of rotatable bonds is 8. The zero-order chi connectivity index (χ0) is 27.8. The smallest absolute Gasteiger partial charge is 0.270 e. The maximum absolute atomic E-state index is 13.0. The van der Waals surface area contributed by atoms with Crippen LogP contribution >= 0.6 is 0 Å². The minimum atomic E-state index is -0.459. The Morgan fingerprint density at radius 3 is 2.52 bits per heavy atom. The van der Waals surface area contributed by atoms with Gasteiger partial charge in [0, 0.05) is 55.3 Å². The van der Waals surface area contributed by atoms with E-state index in [1.165, 1.54) is 12.1 Å². The number of hydrogen-bond donors (Lipinski definition) is 2. The lowest BCUT2D eigenvalue weighted by Gasteiger charge is -2.29. The summed E-state index contributed by atoms with van der Waals surface area (Å²) in [6.07, 6.45) is 4.33. The van der Waals surface area contributed by atoms with Crippen LogP contribution in [0.15, 0.2) is 60.7 Å². The quantitative estimate of drug-likeness (QED) is 0.195. The van der Waals surface area contributed by atoms with Crippen LogP contribution in [-0.4, -0.2) is 47.4 Å². The number of hydrogen-bond acceptors (Lipinski definition) is 8. The van der Waals surface area contributed by atoms with Crippen molar-refractivity contribution in [1.29, 1.82) is 0 Å². The van der Waals surface area contributed by atoms with Crippen molar-refractivity contribution in [2.75, 3.05) is 30.9 Å². The van der Waals surface area contributed by atoms with Gasteiger partial charge in [0.1, 0.15) is 5.82 Å². The second-order valence-corrected chi connectivity index (χ2v) is 10.9. The second-order valence-electron chi connectivity index (χ2n) is 10.9. The number of aromatic nitrogens is 2. The Morgan fingerprint density at radius 1 is 0.950 bits per heavy atom. The number of nitro benzene ring substituents is 1. The van der Waals surface area contributed by atoms with Crippen LogP contribution in [0.4, 0.5) is 17.5 Å². The number of nitrogens with zero attached hydrogens (tertiary/aromatic N) is 4. The molecular formula is C31H32N6O3. The molecular weight excluding hydrogens is 504 g/mol. The van der Waals surface area contributed by atoms with Gasteiger partial charge in [-0.05, 0) is 73.0 Å². The van der Waals surface area contributed by atoms with Gasteiger partial charge in [0.05, 0.1) is 10.4 Å².